The van der Waals surface area contributed by atoms with E-state index < -0.39 is 0 Å². The lowest BCUT2D eigenvalue weighted by Gasteiger charge is -2.13. The first-order valence-electron chi connectivity index (χ1n) is 5.57. The zero-order valence-electron chi connectivity index (χ0n) is 9.45. The van der Waals surface area contributed by atoms with Gasteiger partial charge in [0, 0.05) is 6.61 Å². The summed E-state index contributed by atoms with van der Waals surface area (Å²) in [6.07, 6.45) is 2.59. The van der Waals surface area contributed by atoms with E-state index in [0.717, 1.165) is 18.8 Å². The highest BCUT2D eigenvalue weighted by Gasteiger charge is 2.16. The van der Waals surface area contributed by atoms with Crippen molar-refractivity contribution in [2.75, 3.05) is 13.2 Å². The third-order valence-electron chi connectivity index (χ3n) is 2.79. The minimum absolute atomic E-state index is 0.296. The maximum absolute atomic E-state index is 5.78. The van der Waals surface area contributed by atoms with Crippen LogP contribution in [0.1, 0.15) is 24.0 Å². The number of ether oxygens (including phenoxy) is 2. The van der Waals surface area contributed by atoms with Crippen molar-refractivity contribution < 1.29 is 9.47 Å². The Hall–Kier alpha value is -1.02. The van der Waals surface area contributed by atoms with Crippen LogP contribution in [0.25, 0.3) is 0 Å². The molecule has 0 N–H and O–H groups in total. The Labute approximate surface area is 91.2 Å². The highest BCUT2D eigenvalue weighted by molar-refractivity contribution is 5.35. The highest BCUT2D eigenvalue weighted by Crippen LogP contribution is 2.21. The number of hydrogen-bond donors (Lipinski definition) is 0. The summed E-state index contributed by atoms with van der Waals surface area (Å²) >= 11 is 0. The molecule has 0 spiro atoms. The first kappa shape index (κ1) is 10.5. The molecule has 0 amide bonds. The molecule has 0 unspecified atom stereocenters. The second-order valence-electron chi connectivity index (χ2n) is 4.21. The van der Waals surface area contributed by atoms with Crippen LogP contribution in [0.4, 0.5) is 0 Å². The Balaban J connectivity index is 1.94. The fourth-order valence-electron chi connectivity index (χ4n) is 1.82. The summed E-state index contributed by atoms with van der Waals surface area (Å²) in [4.78, 5) is 0. The fraction of sp³-hybridized carbons (Fsp3) is 0.538. The first-order valence-corrected chi connectivity index (χ1v) is 5.57. The van der Waals surface area contributed by atoms with E-state index in [9.17, 15) is 0 Å². The van der Waals surface area contributed by atoms with E-state index in [1.807, 2.05) is 0 Å². The van der Waals surface area contributed by atoms with Crippen LogP contribution in [0.3, 0.4) is 0 Å². The lowest BCUT2D eigenvalue weighted by molar-refractivity contribution is 0.0677. The zero-order chi connectivity index (χ0) is 10.7. The van der Waals surface area contributed by atoms with Gasteiger partial charge in [-0.3, -0.25) is 0 Å². The molecule has 1 aliphatic heterocycles. The molecule has 2 rings (SSSR count). The van der Waals surface area contributed by atoms with Crippen molar-refractivity contribution >= 4 is 0 Å². The molecular formula is C13H18O2. The number of rotatable bonds is 3. The number of hydrogen-bond acceptors (Lipinski definition) is 2. The molecule has 15 heavy (non-hydrogen) atoms. The molecule has 1 aromatic carbocycles. The lowest BCUT2D eigenvalue weighted by Crippen LogP contribution is -2.16. The van der Waals surface area contributed by atoms with Gasteiger partial charge in [-0.15, -0.1) is 0 Å². The van der Waals surface area contributed by atoms with Crippen molar-refractivity contribution in [1.29, 1.82) is 0 Å². The van der Waals surface area contributed by atoms with E-state index in [1.165, 1.54) is 17.5 Å². The van der Waals surface area contributed by atoms with Crippen LogP contribution in [0.2, 0.25) is 0 Å². The molecule has 1 fully saturated rings. The molecule has 0 aromatic heterocycles. The molecule has 0 saturated carbocycles. The monoisotopic (exact) mass is 206 g/mol. The Morgan fingerprint density at radius 1 is 1.40 bits per heavy atom. The van der Waals surface area contributed by atoms with Crippen LogP contribution in [0.15, 0.2) is 18.2 Å². The van der Waals surface area contributed by atoms with Gasteiger partial charge in [0.25, 0.3) is 0 Å². The molecule has 1 heterocycles. The van der Waals surface area contributed by atoms with Gasteiger partial charge in [-0.1, -0.05) is 12.1 Å². The maximum atomic E-state index is 5.78. The summed E-state index contributed by atoms with van der Waals surface area (Å²) < 4.78 is 11.3. The van der Waals surface area contributed by atoms with Crippen LogP contribution < -0.4 is 4.74 Å². The van der Waals surface area contributed by atoms with Crippen molar-refractivity contribution in [2.45, 2.75) is 32.8 Å². The van der Waals surface area contributed by atoms with E-state index in [2.05, 4.69) is 32.0 Å². The molecule has 0 aliphatic carbocycles. The quantitative estimate of drug-likeness (QED) is 0.757. The van der Waals surface area contributed by atoms with Crippen molar-refractivity contribution in [2.24, 2.45) is 0 Å². The average molecular weight is 206 g/mol. The lowest BCUT2D eigenvalue weighted by atomic mass is 10.1. The second kappa shape index (κ2) is 4.67. The molecule has 2 nitrogen and oxygen atoms in total. The van der Waals surface area contributed by atoms with E-state index in [0.29, 0.717) is 12.7 Å². The number of benzene rings is 1. The second-order valence-corrected chi connectivity index (χ2v) is 4.21. The Morgan fingerprint density at radius 3 is 3.00 bits per heavy atom. The van der Waals surface area contributed by atoms with Crippen molar-refractivity contribution in [3.63, 3.8) is 0 Å². The number of aryl methyl sites for hydroxylation is 2. The van der Waals surface area contributed by atoms with E-state index in [4.69, 9.17) is 9.47 Å². The van der Waals surface area contributed by atoms with Gasteiger partial charge in [-0.2, -0.15) is 0 Å². The van der Waals surface area contributed by atoms with Gasteiger partial charge >= 0.3 is 0 Å². The summed E-state index contributed by atoms with van der Waals surface area (Å²) in [6.45, 7) is 5.73. The Kier molecular flexibility index (Phi) is 3.27. The van der Waals surface area contributed by atoms with E-state index in [-0.39, 0.29) is 0 Å². The molecule has 0 radical (unpaired) electrons. The van der Waals surface area contributed by atoms with E-state index in [1.54, 1.807) is 0 Å². The highest BCUT2D eigenvalue weighted by atomic mass is 16.5. The first-order chi connectivity index (χ1) is 7.25. The topological polar surface area (TPSA) is 18.5 Å². The summed E-state index contributed by atoms with van der Waals surface area (Å²) in [6, 6.07) is 6.29. The standard InChI is InChI=1S/C13H18O2/c1-10-5-6-11(2)13(8-10)15-9-12-4-3-7-14-12/h5-6,8,12H,3-4,7,9H2,1-2H3/t12-/m1/s1. The molecule has 0 bridgehead atoms. The van der Waals surface area contributed by atoms with Gasteiger partial charge in [0.1, 0.15) is 12.4 Å². The average Bonchev–Trinajstić information content (AvgIpc) is 2.72. The Morgan fingerprint density at radius 2 is 2.27 bits per heavy atom. The zero-order valence-corrected chi connectivity index (χ0v) is 9.45. The normalized spacial score (nSPS) is 20.5. The van der Waals surface area contributed by atoms with Gasteiger partial charge in [0.2, 0.25) is 0 Å². The maximum Gasteiger partial charge on any atom is 0.122 e. The predicted octanol–water partition coefficient (Wildman–Crippen LogP) is 2.86. The van der Waals surface area contributed by atoms with Crippen LogP contribution in [0.5, 0.6) is 5.75 Å². The largest absolute Gasteiger partial charge is 0.491 e. The van der Waals surface area contributed by atoms with Crippen LogP contribution in [-0.2, 0) is 4.74 Å². The van der Waals surface area contributed by atoms with Gasteiger partial charge in [-0.25, -0.2) is 0 Å². The van der Waals surface area contributed by atoms with Crippen LogP contribution in [0, 0.1) is 13.8 Å². The van der Waals surface area contributed by atoms with Crippen LogP contribution in [-0.4, -0.2) is 19.3 Å². The summed E-state index contributed by atoms with van der Waals surface area (Å²) in [5.74, 6) is 0.991. The summed E-state index contributed by atoms with van der Waals surface area (Å²) in [7, 11) is 0. The molecule has 2 heteroatoms. The summed E-state index contributed by atoms with van der Waals surface area (Å²) in [5, 5.41) is 0. The molecule has 1 aliphatic rings. The third kappa shape index (κ3) is 2.72. The molecule has 1 aromatic rings. The molecule has 1 saturated heterocycles. The van der Waals surface area contributed by atoms with Gasteiger partial charge in [-0.05, 0) is 43.9 Å². The van der Waals surface area contributed by atoms with Gasteiger partial charge < -0.3 is 9.47 Å². The molecule has 1 atom stereocenters. The van der Waals surface area contributed by atoms with Crippen molar-refractivity contribution in [3.05, 3.63) is 29.3 Å². The third-order valence-corrected chi connectivity index (χ3v) is 2.79. The smallest absolute Gasteiger partial charge is 0.122 e. The molecule has 82 valence electrons. The minimum atomic E-state index is 0.296. The van der Waals surface area contributed by atoms with Gasteiger partial charge in [0.15, 0.2) is 0 Å². The SMILES string of the molecule is Cc1ccc(C)c(OC[C@H]2CCCO2)c1. The Bertz CT molecular complexity index is 327. The minimum Gasteiger partial charge on any atom is -0.491 e. The van der Waals surface area contributed by atoms with Crippen molar-refractivity contribution in [1.82, 2.24) is 0 Å². The van der Waals surface area contributed by atoms with E-state index >= 15 is 0 Å². The fourth-order valence-corrected chi connectivity index (χ4v) is 1.82. The van der Waals surface area contributed by atoms with Crippen molar-refractivity contribution in [3.8, 4) is 5.75 Å². The van der Waals surface area contributed by atoms with Crippen LogP contribution >= 0.6 is 0 Å². The van der Waals surface area contributed by atoms with Gasteiger partial charge in [0.05, 0.1) is 6.10 Å². The molecular weight excluding hydrogens is 188 g/mol. The predicted molar refractivity (Wildman–Crippen MR) is 60.4 cm³/mol. The summed E-state index contributed by atoms with van der Waals surface area (Å²) in [5.41, 5.74) is 2.43.